The summed E-state index contributed by atoms with van der Waals surface area (Å²) in [5, 5.41) is 0.539. The fourth-order valence-electron chi connectivity index (χ4n) is 1.18. The van der Waals surface area contributed by atoms with Gasteiger partial charge >= 0.3 is 0 Å². The molecular weight excluding hydrogens is 269 g/mol. The van der Waals surface area contributed by atoms with E-state index in [-0.39, 0.29) is 5.75 Å². The third-order valence-electron chi connectivity index (χ3n) is 2.08. The average molecular weight is 282 g/mol. The smallest absolute Gasteiger partial charge is 0.232 e. The van der Waals surface area contributed by atoms with Gasteiger partial charge in [-0.1, -0.05) is 17.7 Å². The highest BCUT2D eigenvalue weighted by molar-refractivity contribution is 7.92. The third-order valence-corrected chi connectivity index (χ3v) is 4.11. The first-order valence-electron chi connectivity index (χ1n) is 4.78. The highest BCUT2D eigenvalue weighted by Crippen LogP contribution is 2.23. The second-order valence-electron chi connectivity index (χ2n) is 3.38. The fourth-order valence-corrected chi connectivity index (χ4v) is 2.83. The Morgan fingerprint density at radius 1 is 1.38 bits per heavy atom. The van der Waals surface area contributed by atoms with Crippen LogP contribution in [0.3, 0.4) is 0 Å². The molecule has 0 bridgehead atoms. The van der Waals surface area contributed by atoms with Gasteiger partial charge in [0.2, 0.25) is 10.0 Å². The molecule has 0 aromatic heterocycles. The van der Waals surface area contributed by atoms with Crippen molar-refractivity contribution in [1.29, 1.82) is 0 Å². The molecular formula is C10H13Cl2NO2S. The number of alkyl halides is 1. The lowest BCUT2D eigenvalue weighted by Crippen LogP contribution is -2.17. The van der Waals surface area contributed by atoms with Crippen molar-refractivity contribution >= 4 is 38.9 Å². The first-order chi connectivity index (χ1) is 7.46. The van der Waals surface area contributed by atoms with Crippen LogP contribution in [0.1, 0.15) is 12.0 Å². The summed E-state index contributed by atoms with van der Waals surface area (Å²) in [5.41, 5.74) is 1.24. The Balaban J connectivity index is 2.84. The largest absolute Gasteiger partial charge is 0.283 e. The molecule has 1 aromatic carbocycles. The van der Waals surface area contributed by atoms with E-state index in [1.165, 1.54) is 0 Å². The van der Waals surface area contributed by atoms with Crippen LogP contribution in [0.15, 0.2) is 18.2 Å². The first kappa shape index (κ1) is 13.6. The summed E-state index contributed by atoms with van der Waals surface area (Å²) in [6.07, 6.45) is 0.427. The van der Waals surface area contributed by atoms with E-state index < -0.39 is 10.0 Å². The summed E-state index contributed by atoms with van der Waals surface area (Å²) >= 11 is 11.3. The molecule has 0 atom stereocenters. The fraction of sp³-hybridized carbons (Fsp3) is 0.400. The lowest BCUT2D eigenvalue weighted by molar-refractivity contribution is 0.600. The van der Waals surface area contributed by atoms with Gasteiger partial charge < -0.3 is 0 Å². The van der Waals surface area contributed by atoms with Crippen LogP contribution in [0.4, 0.5) is 5.69 Å². The zero-order chi connectivity index (χ0) is 12.2. The molecule has 0 heterocycles. The Bertz CT molecular complexity index is 460. The predicted octanol–water partition coefficient (Wildman–Crippen LogP) is 3.02. The zero-order valence-corrected chi connectivity index (χ0v) is 11.2. The van der Waals surface area contributed by atoms with Crippen molar-refractivity contribution in [2.45, 2.75) is 13.3 Å². The molecule has 0 aliphatic heterocycles. The van der Waals surface area contributed by atoms with Crippen LogP contribution in [0, 0.1) is 6.92 Å². The SMILES string of the molecule is Cc1c(Cl)cccc1NS(=O)(=O)CCCCl. The van der Waals surface area contributed by atoms with Crippen LogP contribution in [-0.2, 0) is 10.0 Å². The predicted molar refractivity (Wildman–Crippen MR) is 68.9 cm³/mol. The van der Waals surface area contributed by atoms with E-state index in [9.17, 15) is 8.42 Å². The second-order valence-corrected chi connectivity index (χ2v) is 6.00. The van der Waals surface area contributed by atoms with Crippen LogP contribution in [0.5, 0.6) is 0 Å². The van der Waals surface area contributed by atoms with Crippen molar-refractivity contribution in [3.63, 3.8) is 0 Å². The summed E-state index contributed by atoms with van der Waals surface area (Å²) in [6, 6.07) is 5.10. The van der Waals surface area contributed by atoms with Crippen LogP contribution >= 0.6 is 23.2 Å². The molecule has 1 rings (SSSR count). The summed E-state index contributed by atoms with van der Waals surface area (Å²) in [6.45, 7) is 1.77. The van der Waals surface area contributed by atoms with Crippen molar-refractivity contribution in [2.24, 2.45) is 0 Å². The monoisotopic (exact) mass is 281 g/mol. The van der Waals surface area contributed by atoms with Gasteiger partial charge in [-0.05, 0) is 31.0 Å². The number of halogens is 2. The molecule has 0 radical (unpaired) electrons. The van der Waals surface area contributed by atoms with Gasteiger partial charge in [-0.2, -0.15) is 0 Å². The molecule has 0 fully saturated rings. The van der Waals surface area contributed by atoms with Gasteiger partial charge in [0, 0.05) is 10.9 Å². The minimum atomic E-state index is -3.33. The summed E-state index contributed by atoms with van der Waals surface area (Å²) < 4.78 is 25.7. The Morgan fingerprint density at radius 2 is 2.06 bits per heavy atom. The number of hydrogen-bond acceptors (Lipinski definition) is 2. The van der Waals surface area contributed by atoms with E-state index in [0.717, 1.165) is 5.56 Å². The molecule has 16 heavy (non-hydrogen) atoms. The lowest BCUT2D eigenvalue weighted by Gasteiger charge is -2.10. The molecule has 3 nitrogen and oxygen atoms in total. The molecule has 0 aliphatic carbocycles. The van der Waals surface area contributed by atoms with Gasteiger partial charge in [0.25, 0.3) is 0 Å². The quantitative estimate of drug-likeness (QED) is 0.844. The Kier molecular flexibility index (Phi) is 4.89. The van der Waals surface area contributed by atoms with Gasteiger partial charge in [-0.25, -0.2) is 8.42 Å². The van der Waals surface area contributed by atoms with Crippen molar-refractivity contribution in [2.75, 3.05) is 16.4 Å². The van der Waals surface area contributed by atoms with E-state index in [4.69, 9.17) is 23.2 Å². The van der Waals surface area contributed by atoms with E-state index in [2.05, 4.69) is 4.72 Å². The van der Waals surface area contributed by atoms with Gasteiger partial charge in [-0.15, -0.1) is 11.6 Å². The van der Waals surface area contributed by atoms with Crippen molar-refractivity contribution in [3.8, 4) is 0 Å². The number of anilines is 1. The highest BCUT2D eigenvalue weighted by atomic mass is 35.5. The van der Waals surface area contributed by atoms with E-state index in [1.807, 2.05) is 0 Å². The summed E-state index contributed by atoms with van der Waals surface area (Å²) in [4.78, 5) is 0. The third kappa shape index (κ3) is 3.85. The molecule has 0 spiro atoms. The van der Waals surface area contributed by atoms with Crippen molar-refractivity contribution in [3.05, 3.63) is 28.8 Å². The molecule has 0 unspecified atom stereocenters. The maximum Gasteiger partial charge on any atom is 0.232 e. The van der Waals surface area contributed by atoms with Crippen LogP contribution in [0.25, 0.3) is 0 Å². The molecule has 0 amide bonds. The summed E-state index contributed by atoms with van der Waals surface area (Å²) in [5.74, 6) is 0.345. The Hall–Kier alpha value is -0.450. The second kappa shape index (κ2) is 5.75. The molecule has 0 aliphatic rings. The standard InChI is InChI=1S/C10H13Cl2NO2S/c1-8-9(12)4-2-5-10(8)13-16(14,15)7-3-6-11/h2,4-5,13H,3,6-7H2,1H3. The van der Waals surface area contributed by atoms with Gasteiger partial charge in [0.15, 0.2) is 0 Å². The van der Waals surface area contributed by atoms with E-state index >= 15 is 0 Å². The van der Waals surface area contributed by atoms with Gasteiger partial charge in [0.05, 0.1) is 11.4 Å². The van der Waals surface area contributed by atoms with Crippen LogP contribution in [0.2, 0.25) is 5.02 Å². The molecule has 6 heteroatoms. The van der Waals surface area contributed by atoms with Crippen molar-refractivity contribution < 1.29 is 8.42 Å². The van der Waals surface area contributed by atoms with Gasteiger partial charge in [0.1, 0.15) is 0 Å². The number of benzene rings is 1. The molecule has 0 saturated carbocycles. The number of rotatable bonds is 5. The summed E-state index contributed by atoms with van der Waals surface area (Å²) in [7, 11) is -3.33. The van der Waals surface area contributed by atoms with Crippen molar-refractivity contribution in [1.82, 2.24) is 0 Å². The lowest BCUT2D eigenvalue weighted by atomic mass is 10.2. The highest BCUT2D eigenvalue weighted by Gasteiger charge is 2.11. The molecule has 1 N–H and O–H groups in total. The molecule has 90 valence electrons. The maximum absolute atomic E-state index is 11.6. The molecule has 1 aromatic rings. The maximum atomic E-state index is 11.6. The van der Waals surface area contributed by atoms with Crippen LogP contribution in [-0.4, -0.2) is 20.1 Å². The minimum Gasteiger partial charge on any atom is -0.283 e. The van der Waals surface area contributed by atoms with Crippen LogP contribution < -0.4 is 4.72 Å². The first-order valence-corrected chi connectivity index (χ1v) is 7.34. The number of hydrogen-bond donors (Lipinski definition) is 1. The van der Waals surface area contributed by atoms with E-state index in [1.54, 1.807) is 25.1 Å². The number of nitrogens with one attached hydrogen (secondary N) is 1. The minimum absolute atomic E-state index is 0.0163. The Labute approximate surface area is 106 Å². The zero-order valence-electron chi connectivity index (χ0n) is 8.83. The normalized spacial score (nSPS) is 11.4. The topological polar surface area (TPSA) is 46.2 Å². The number of sulfonamides is 1. The average Bonchev–Trinajstić information content (AvgIpc) is 2.22. The Morgan fingerprint density at radius 3 is 2.69 bits per heavy atom. The van der Waals surface area contributed by atoms with Gasteiger partial charge in [-0.3, -0.25) is 4.72 Å². The molecule has 0 saturated heterocycles. The van der Waals surface area contributed by atoms with E-state index in [0.29, 0.717) is 23.0 Å².